The van der Waals surface area contributed by atoms with Gasteiger partial charge < -0.3 is 30.3 Å². The van der Waals surface area contributed by atoms with Gasteiger partial charge in [0.05, 0.1) is 0 Å². The summed E-state index contributed by atoms with van der Waals surface area (Å²) in [6, 6.07) is 15.4. The average molecular weight is 659 g/mol. The van der Waals surface area contributed by atoms with E-state index in [9.17, 15) is 19.2 Å². The van der Waals surface area contributed by atoms with E-state index in [0.29, 0.717) is 63.8 Å². The molecule has 10 heteroatoms. The van der Waals surface area contributed by atoms with E-state index in [4.69, 9.17) is 9.47 Å². The zero-order valence-corrected chi connectivity index (χ0v) is 29.2. The molecule has 2 aromatic carbocycles. The second-order valence-corrected chi connectivity index (χ2v) is 15.5. The molecule has 0 atom stereocenters. The predicted molar refractivity (Wildman–Crippen MR) is 186 cm³/mol. The van der Waals surface area contributed by atoms with Crippen molar-refractivity contribution < 1.29 is 28.7 Å². The van der Waals surface area contributed by atoms with Crippen LogP contribution in [0.1, 0.15) is 97.6 Å². The summed E-state index contributed by atoms with van der Waals surface area (Å²) in [5, 5.41) is 9.00. The van der Waals surface area contributed by atoms with Gasteiger partial charge in [-0.1, -0.05) is 30.3 Å². The first-order valence-electron chi connectivity index (χ1n) is 17.0. The number of carbonyl (C=O) groups is 4. The molecule has 1 heterocycles. The van der Waals surface area contributed by atoms with E-state index in [1.165, 1.54) is 5.57 Å². The van der Waals surface area contributed by atoms with Gasteiger partial charge in [0.15, 0.2) is 0 Å². The average Bonchev–Trinajstić information content (AvgIpc) is 3.04. The minimum absolute atomic E-state index is 0.0117. The lowest BCUT2D eigenvalue weighted by Crippen LogP contribution is -2.52. The fourth-order valence-electron chi connectivity index (χ4n) is 6.78. The highest BCUT2D eigenvalue weighted by molar-refractivity contribution is 5.98. The van der Waals surface area contributed by atoms with E-state index in [0.717, 1.165) is 23.2 Å². The number of hydrogen-bond donors (Lipinski definition) is 3. The van der Waals surface area contributed by atoms with Crippen molar-refractivity contribution in [3.63, 3.8) is 0 Å². The summed E-state index contributed by atoms with van der Waals surface area (Å²) in [6.07, 6.45) is 6.11. The van der Waals surface area contributed by atoms with Crippen LogP contribution in [0.2, 0.25) is 0 Å². The maximum absolute atomic E-state index is 13.6. The molecule has 0 radical (unpaired) electrons. The van der Waals surface area contributed by atoms with Crippen LogP contribution in [0.5, 0.6) is 0 Å². The molecule has 0 aromatic heterocycles. The van der Waals surface area contributed by atoms with E-state index in [2.05, 4.69) is 22.0 Å². The number of hydrogen-bond acceptors (Lipinski definition) is 6. The third kappa shape index (κ3) is 8.57. The summed E-state index contributed by atoms with van der Waals surface area (Å²) in [5.74, 6) is 0.0436. The molecule has 3 N–H and O–H groups in total. The van der Waals surface area contributed by atoms with Gasteiger partial charge in [0, 0.05) is 41.8 Å². The van der Waals surface area contributed by atoms with Gasteiger partial charge in [0.2, 0.25) is 11.8 Å². The topological polar surface area (TPSA) is 126 Å². The van der Waals surface area contributed by atoms with Gasteiger partial charge >= 0.3 is 12.2 Å². The molecule has 258 valence electrons. The van der Waals surface area contributed by atoms with Crippen LogP contribution in [-0.4, -0.2) is 53.2 Å². The fourth-order valence-corrected chi connectivity index (χ4v) is 6.78. The van der Waals surface area contributed by atoms with Crippen molar-refractivity contribution in [2.45, 2.75) is 104 Å². The van der Waals surface area contributed by atoms with Gasteiger partial charge in [-0.05, 0) is 127 Å². The Hall–Kier alpha value is -4.34. The highest BCUT2D eigenvalue weighted by Gasteiger charge is 2.55. The standard InChI is InChI=1S/C38H50N4O6/c1-35(2,3)47-33(45)39-25-26-7-11-29(12-8-26)40-31(43)37-17-20-38(21-18-37,22-19-37)32(44)41-30-13-9-27(10-14-30)28-15-23-42(24-16-28)34(46)48-36(4,5)6/h7-15H,16-25H2,1-6H3,(H,39,45)(H,40,43)(H,41,44). The first-order chi connectivity index (χ1) is 22.5. The van der Waals surface area contributed by atoms with Crippen molar-refractivity contribution in [3.8, 4) is 0 Å². The van der Waals surface area contributed by atoms with Crippen LogP contribution in [-0.2, 0) is 25.6 Å². The van der Waals surface area contributed by atoms with E-state index >= 15 is 0 Å². The molecule has 4 amide bonds. The van der Waals surface area contributed by atoms with Crippen molar-refractivity contribution in [2.24, 2.45) is 10.8 Å². The Labute approximate surface area is 284 Å². The number of carbonyl (C=O) groups excluding carboxylic acids is 4. The lowest BCUT2D eigenvalue weighted by molar-refractivity contribution is -0.144. The van der Waals surface area contributed by atoms with Crippen molar-refractivity contribution in [1.82, 2.24) is 10.2 Å². The summed E-state index contributed by atoms with van der Waals surface area (Å²) in [7, 11) is 0. The number of fused-ring (bicyclic) bond motifs is 3. The van der Waals surface area contributed by atoms with E-state index < -0.39 is 28.1 Å². The molecule has 2 aromatic rings. The van der Waals surface area contributed by atoms with Crippen LogP contribution in [0.15, 0.2) is 54.6 Å². The number of nitrogens with one attached hydrogen (secondary N) is 3. The molecule has 10 nitrogen and oxygen atoms in total. The third-order valence-corrected chi connectivity index (χ3v) is 9.63. The number of ether oxygens (including phenoxy) is 2. The fraction of sp³-hybridized carbons (Fsp3) is 0.526. The Morgan fingerprint density at radius 2 is 1.19 bits per heavy atom. The summed E-state index contributed by atoms with van der Waals surface area (Å²) in [6.45, 7) is 12.5. The molecule has 4 aliphatic rings. The molecule has 6 rings (SSSR count). The smallest absolute Gasteiger partial charge is 0.410 e. The molecular formula is C38H50N4O6. The van der Waals surface area contributed by atoms with Crippen LogP contribution in [0.3, 0.4) is 0 Å². The monoisotopic (exact) mass is 658 g/mol. The van der Waals surface area contributed by atoms with Gasteiger partial charge in [0.25, 0.3) is 0 Å². The molecular weight excluding hydrogens is 608 g/mol. The number of amides is 4. The van der Waals surface area contributed by atoms with E-state index in [-0.39, 0.29) is 17.9 Å². The van der Waals surface area contributed by atoms with Crippen molar-refractivity contribution in [2.75, 3.05) is 23.7 Å². The Balaban J connectivity index is 1.09. The zero-order valence-electron chi connectivity index (χ0n) is 29.2. The Kier molecular flexibility index (Phi) is 9.94. The number of alkyl carbamates (subject to hydrolysis) is 1. The first kappa shape index (κ1) is 35.0. The van der Waals surface area contributed by atoms with Crippen LogP contribution in [0.25, 0.3) is 5.57 Å². The lowest BCUT2D eigenvalue weighted by Gasteiger charge is -2.51. The van der Waals surface area contributed by atoms with Crippen molar-refractivity contribution in [1.29, 1.82) is 0 Å². The molecule has 48 heavy (non-hydrogen) atoms. The Bertz CT molecular complexity index is 1520. The minimum atomic E-state index is -0.559. The molecule has 2 bridgehead atoms. The third-order valence-electron chi connectivity index (χ3n) is 9.63. The summed E-state index contributed by atoms with van der Waals surface area (Å²) in [5.41, 5.74) is 2.62. The number of benzene rings is 2. The molecule has 3 fully saturated rings. The van der Waals surface area contributed by atoms with Gasteiger partial charge in [-0.3, -0.25) is 9.59 Å². The summed E-state index contributed by atoms with van der Waals surface area (Å²) >= 11 is 0. The van der Waals surface area contributed by atoms with E-state index in [1.54, 1.807) is 4.90 Å². The number of nitrogens with zero attached hydrogens (tertiary/aromatic N) is 1. The molecule has 1 aliphatic heterocycles. The predicted octanol–water partition coefficient (Wildman–Crippen LogP) is 7.65. The zero-order chi connectivity index (χ0) is 34.7. The molecule has 0 spiro atoms. The van der Waals surface area contributed by atoms with Crippen LogP contribution in [0.4, 0.5) is 21.0 Å². The summed E-state index contributed by atoms with van der Waals surface area (Å²) in [4.78, 5) is 53.1. The maximum Gasteiger partial charge on any atom is 0.410 e. The largest absolute Gasteiger partial charge is 0.444 e. The van der Waals surface area contributed by atoms with Gasteiger partial charge in [-0.25, -0.2) is 9.59 Å². The van der Waals surface area contributed by atoms with Crippen LogP contribution < -0.4 is 16.0 Å². The SMILES string of the molecule is CC(C)(C)OC(=O)NCc1ccc(NC(=O)C23CCC(C(=O)Nc4ccc(C5=CCN(C(=O)OC(C)(C)C)CC5)cc4)(CC2)CC3)cc1. The minimum Gasteiger partial charge on any atom is -0.444 e. The molecule has 0 unspecified atom stereocenters. The highest BCUT2D eigenvalue weighted by atomic mass is 16.6. The maximum atomic E-state index is 13.6. The molecule has 3 saturated carbocycles. The second-order valence-electron chi connectivity index (χ2n) is 15.5. The van der Waals surface area contributed by atoms with Crippen molar-refractivity contribution >= 4 is 40.9 Å². The Morgan fingerprint density at radius 1 is 0.708 bits per heavy atom. The van der Waals surface area contributed by atoms with Crippen LogP contribution in [0, 0.1) is 10.8 Å². The van der Waals surface area contributed by atoms with Crippen LogP contribution >= 0.6 is 0 Å². The second kappa shape index (κ2) is 13.6. The molecule has 0 saturated heterocycles. The van der Waals surface area contributed by atoms with Gasteiger partial charge in [-0.15, -0.1) is 0 Å². The normalized spacial score (nSPS) is 22.3. The molecule has 3 aliphatic carbocycles. The Morgan fingerprint density at radius 3 is 1.62 bits per heavy atom. The first-order valence-corrected chi connectivity index (χ1v) is 17.0. The van der Waals surface area contributed by atoms with E-state index in [1.807, 2.05) is 90.1 Å². The highest BCUT2D eigenvalue weighted by Crippen LogP contribution is 2.57. The number of anilines is 2. The van der Waals surface area contributed by atoms with Gasteiger partial charge in [-0.2, -0.15) is 0 Å². The number of rotatable bonds is 7. The van der Waals surface area contributed by atoms with Crippen molar-refractivity contribution in [3.05, 3.63) is 65.7 Å². The quantitative estimate of drug-likeness (QED) is 0.281. The summed E-state index contributed by atoms with van der Waals surface area (Å²) < 4.78 is 10.8. The van der Waals surface area contributed by atoms with Gasteiger partial charge in [0.1, 0.15) is 11.2 Å². The lowest BCUT2D eigenvalue weighted by atomic mass is 9.53.